The van der Waals surface area contributed by atoms with E-state index in [-0.39, 0.29) is 17.2 Å². The number of nitrogens with one attached hydrogen (secondary N) is 2. The quantitative estimate of drug-likeness (QED) is 0.567. The third kappa shape index (κ3) is 4.86. The molecular formula is C18H22N6OS2. The number of para-hydroxylation sites is 1. The molecule has 7 nitrogen and oxygen atoms in total. The van der Waals surface area contributed by atoms with Crippen LogP contribution in [0.1, 0.15) is 32.4 Å². The van der Waals surface area contributed by atoms with Gasteiger partial charge in [0.15, 0.2) is 4.34 Å². The Kier molecular flexibility index (Phi) is 6.12. The van der Waals surface area contributed by atoms with Gasteiger partial charge in [-0.25, -0.2) is 4.68 Å². The van der Waals surface area contributed by atoms with E-state index < -0.39 is 0 Å². The van der Waals surface area contributed by atoms with Crippen LogP contribution < -0.4 is 10.6 Å². The Morgan fingerprint density at radius 3 is 2.70 bits per heavy atom. The number of carbonyl (C=O) groups is 1. The Labute approximate surface area is 166 Å². The summed E-state index contributed by atoms with van der Waals surface area (Å²) < 4.78 is 2.52. The molecule has 2 aromatic heterocycles. The molecule has 0 saturated carbocycles. The van der Waals surface area contributed by atoms with Crippen molar-refractivity contribution >= 4 is 45.6 Å². The molecule has 0 saturated heterocycles. The van der Waals surface area contributed by atoms with Gasteiger partial charge in [-0.1, -0.05) is 41.3 Å². The first kappa shape index (κ1) is 19.4. The molecule has 0 spiro atoms. The van der Waals surface area contributed by atoms with E-state index in [0.29, 0.717) is 10.9 Å². The largest absolute Gasteiger partial charge is 0.330 e. The third-order valence-corrected chi connectivity index (χ3v) is 5.87. The highest BCUT2D eigenvalue weighted by Gasteiger charge is 2.19. The number of aromatic nitrogens is 4. The number of thioether (sulfide) groups is 1. The van der Waals surface area contributed by atoms with Crippen LogP contribution in [0.4, 0.5) is 16.6 Å². The summed E-state index contributed by atoms with van der Waals surface area (Å²) in [4.78, 5) is 12.5. The standard InChI is InChI=1S/C18H22N6OS2/c1-11(2)24-15(9-10-19-24)21-16(25)13(4)26-18-23-22-17(27-18)20-14-8-6-5-7-12(14)3/h5-11,13H,1-4H3,(H,20,22)(H,21,25)/t13-/m0/s1. The summed E-state index contributed by atoms with van der Waals surface area (Å²) in [6.45, 7) is 7.93. The molecule has 0 aliphatic rings. The van der Waals surface area contributed by atoms with Crippen molar-refractivity contribution in [2.75, 3.05) is 10.6 Å². The Bertz CT molecular complexity index is 920. The molecule has 2 N–H and O–H groups in total. The minimum absolute atomic E-state index is 0.0917. The van der Waals surface area contributed by atoms with Crippen LogP contribution in [-0.2, 0) is 4.79 Å². The summed E-state index contributed by atoms with van der Waals surface area (Å²) in [5.74, 6) is 0.604. The summed E-state index contributed by atoms with van der Waals surface area (Å²) in [5.41, 5.74) is 2.13. The summed E-state index contributed by atoms with van der Waals surface area (Å²) in [6.07, 6.45) is 1.68. The molecule has 2 heterocycles. The highest BCUT2D eigenvalue weighted by Crippen LogP contribution is 2.31. The molecule has 0 unspecified atom stereocenters. The highest BCUT2D eigenvalue weighted by atomic mass is 32.2. The smallest absolute Gasteiger partial charge is 0.238 e. The predicted octanol–water partition coefficient (Wildman–Crippen LogP) is 4.49. The van der Waals surface area contributed by atoms with E-state index >= 15 is 0 Å². The normalized spacial score (nSPS) is 12.2. The van der Waals surface area contributed by atoms with Crippen LogP contribution in [0, 0.1) is 6.92 Å². The van der Waals surface area contributed by atoms with E-state index in [1.54, 1.807) is 16.9 Å². The maximum Gasteiger partial charge on any atom is 0.238 e. The maximum atomic E-state index is 12.5. The van der Waals surface area contributed by atoms with Gasteiger partial charge in [-0.15, -0.1) is 10.2 Å². The fraction of sp³-hybridized carbons (Fsp3) is 0.333. The minimum atomic E-state index is -0.306. The van der Waals surface area contributed by atoms with Gasteiger partial charge in [0.05, 0.1) is 11.4 Å². The first-order valence-electron chi connectivity index (χ1n) is 8.61. The molecule has 3 rings (SSSR count). The fourth-order valence-electron chi connectivity index (χ4n) is 2.39. The SMILES string of the molecule is Cc1ccccc1Nc1nnc(S[C@@H](C)C(=O)Nc2ccnn2C(C)C)s1. The molecule has 0 fully saturated rings. The number of nitrogens with zero attached hydrogens (tertiary/aromatic N) is 4. The number of aryl methyl sites for hydroxylation is 1. The zero-order valence-corrected chi connectivity index (χ0v) is 17.3. The fourth-order valence-corrected chi connectivity index (χ4v) is 4.30. The average molecular weight is 403 g/mol. The van der Waals surface area contributed by atoms with Crippen molar-refractivity contribution in [3.8, 4) is 0 Å². The average Bonchev–Trinajstić information content (AvgIpc) is 3.26. The Hall–Kier alpha value is -2.39. The van der Waals surface area contributed by atoms with E-state index in [1.807, 2.05) is 52.0 Å². The van der Waals surface area contributed by atoms with E-state index in [2.05, 4.69) is 25.9 Å². The molecular weight excluding hydrogens is 380 g/mol. The van der Waals surface area contributed by atoms with Crippen molar-refractivity contribution in [2.24, 2.45) is 0 Å². The number of amides is 1. The number of benzene rings is 1. The van der Waals surface area contributed by atoms with Gasteiger partial charge in [0.2, 0.25) is 11.0 Å². The van der Waals surface area contributed by atoms with Gasteiger partial charge in [0, 0.05) is 17.8 Å². The molecule has 0 radical (unpaired) electrons. The molecule has 142 valence electrons. The number of rotatable bonds is 7. The van der Waals surface area contributed by atoms with Crippen LogP contribution in [0.15, 0.2) is 40.9 Å². The van der Waals surface area contributed by atoms with Gasteiger partial charge in [-0.2, -0.15) is 5.10 Å². The number of hydrogen-bond donors (Lipinski definition) is 2. The summed E-state index contributed by atoms with van der Waals surface area (Å²) in [5, 5.41) is 19.2. The molecule has 9 heteroatoms. The van der Waals surface area contributed by atoms with Crippen LogP contribution in [0.5, 0.6) is 0 Å². The first-order valence-corrected chi connectivity index (χ1v) is 10.3. The van der Waals surface area contributed by atoms with Crippen LogP contribution in [0.2, 0.25) is 0 Å². The van der Waals surface area contributed by atoms with Gasteiger partial charge >= 0.3 is 0 Å². The molecule has 1 amide bonds. The Morgan fingerprint density at radius 2 is 1.96 bits per heavy atom. The summed E-state index contributed by atoms with van der Waals surface area (Å²) in [7, 11) is 0. The van der Waals surface area contributed by atoms with E-state index in [0.717, 1.165) is 15.6 Å². The zero-order chi connectivity index (χ0) is 19.4. The van der Waals surface area contributed by atoms with Gasteiger partial charge in [-0.3, -0.25) is 4.79 Å². The lowest BCUT2D eigenvalue weighted by atomic mass is 10.2. The highest BCUT2D eigenvalue weighted by molar-refractivity contribution is 8.02. The van der Waals surface area contributed by atoms with Crippen LogP contribution in [0.3, 0.4) is 0 Å². The van der Waals surface area contributed by atoms with E-state index in [1.165, 1.54) is 23.1 Å². The van der Waals surface area contributed by atoms with Crippen LogP contribution in [-0.4, -0.2) is 31.1 Å². The molecule has 27 heavy (non-hydrogen) atoms. The number of hydrogen-bond acceptors (Lipinski definition) is 7. The first-order chi connectivity index (χ1) is 12.9. The third-order valence-electron chi connectivity index (χ3n) is 3.85. The lowest BCUT2D eigenvalue weighted by Gasteiger charge is -2.14. The van der Waals surface area contributed by atoms with Gasteiger partial charge < -0.3 is 10.6 Å². The van der Waals surface area contributed by atoms with Crippen molar-refractivity contribution in [2.45, 2.75) is 43.3 Å². The summed E-state index contributed by atoms with van der Waals surface area (Å²) >= 11 is 2.82. The monoisotopic (exact) mass is 402 g/mol. The number of anilines is 3. The van der Waals surface area contributed by atoms with E-state index in [4.69, 9.17) is 0 Å². The number of carbonyl (C=O) groups excluding carboxylic acids is 1. The second-order valence-corrected chi connectivity index (χ2v) is 8.88. The van der Waals surface area contributed by atoms with Crippen molar-refractivity contribution in [1.29, 1.82) is 0 Å². The predicted molar refractivity (Wildman–Crippen MR) is 111 cm³/mol. The maximum absolute atomic E-state index is 12.5. The van der Waals surface area contributed by atoms with Crippen molar-refractivity contribution in [1.82, 2.24) is 20.0 Å². The Morgan fingerprint density at radius 1 is 1.19 bits per heavy atom. The molecule has 0 bridgehead atoms. The van der Waals surface area contributed by atoms with Crippen molar-refractivity contribution in [3.05, 3.63) is 42.1 Å². The van der Waals surface area contributed by atoms with Gasteiger partial charge in [-0.05, 0) is 39.3 Å². The molecule has 3 aromatic rings. The second kappa shape index (κ2) is 8.53. The van der Waals surface area contributed by atoms with E-state index in [9.17, 15) is 4.79 Å². The Balaban J connectivity index is 1.60. The topological polar surface area (TPSA) is 84.7 Å². The molecule has 0 aliphatic heterocycles. The second-order valence-electron chi connectivity index (χ2n) is 6.32. The molecule has 1 aromatic carbocycles. The summed E-state index contributed by atoms with van der Waals surface area (Å²) in [6, 6.07) is 9.97. The van der Waals surface area contributed by atoms with Crippen molar-refractivity contribution < 1.29 is 4.79 Å². The minimum Gasteiger partial charge on any atom is -0.330 e. The van der Waals surface area contributed by atoms with Gasteiger partial charge in [0.1, 0.15) is 5.82 Å². The van der Waals surface area contributed by atoms with Crippen LogP contribution in [0.25, 0.3) is 0 Å². The molecule has 0 aliphatic carbocycles. The molecule has 1 atom stereocenters. The van der Waals surface area contributed by atoms with Gasteiger partial charge in [0.25, 0.3) is 0 Å². The zero-order valence-electron chi connectivity index (χ0n) is 15.6. The lowest BCUT2D eigenvalue weighted by molar-refractivity contribution is -0.115. The van der Waals surface area contributed by atoms with Crippen molar-refractivity contribution in [3.63, 3.8) is 0 Å². The lowest BCUT2D eigenvalue weighted by Crippen LogP contribution is -2.24. The van der Waals surface area contributed by atoms with Crippen LogP contribution >= 0.6 is 23.1 Å².